The normalized spacial score (nSPS) is 18.3. The first-order valence-electron chi connectivity index (χ1n) is 4.36. The molecule has 1 aliphatic carbocycles. The van der Waals surface area contributed by atoms with Crippen LogP contribution in [0.3, 0.4) is 0 Å². The molecule has 14 heavy (non-hydrogen) atoms. The number of hydrogen-bond donors (Lipinski definition) is 1. The molecule has 1 aromatic rings. The molecule has 1 nitrogen and oxygen atoms in total. The average Bonchev–Trinajstić information content (AvgIpc) is 2.79. The predicted octanol–water partition coefficient (Wildman–Crippen LogP) is 3.31. The maximum absolute atomic E-state index is 13.1. The van der Waals surface area contributed by atoms with Crippen LogP contribution in [-0.2, 0) is 6.42 Å². The van der Waals surface area contributed by atoms with Crippen molar-refractivity contribution in [3.8, 4) is 0 Å². The third-order valence-corrected chi connectivity index (χ3v) is 3.26. The summed E-state index contributed by atoms with van der Waals surface area (Å²) in [5, 5.41) is 9.78. The lowest BCUT2D eigenvalue weighted by atomic mass is 10.1. The van der Waals surface area contributed by atoms with Crippen LogP contribution in [0.15, 0.2) is 16.6 Å². The molecular weight excluding hydrogens is 270 g/mol. The van der Waals surface area contributed by atoms with E-state index in [0.717, 1.165) is 18.4 Å². The van der Waals surface area contributed by atoms with Gasteiger partial charge >= 0.3 is 0 Å². The molecule has 0 heterocycles. The summed E-state index contributed by atoms with van der Waals surface area (Å²) in [5.41, 5.74) is 0.295. The Kier molecular flexibility index (Phi) is 2.58. The molecule has 0 aromatic heterocycles. The Labute approximate surface area is 95.0 Å². The smallest absolute Gasteiger partial charge is 0.155 e. The van der Waals surface area contributed by atoms with E-state index in [4.69, 9.17) is 11.6 Å². The topological polar surface area (TPSA) is 20.2 Å². The molecule has 0 spiro atoms. The minimum absolute atomic E-state index is 0.0959. The highest BCUT2D eigenvalue weighted by atomic mass is 79.9. The van der Waals surface area contributed by atoms with Gasteiger partial charge in [0.2, 0.25) is 0 Å². The maximum Gasteiger partial charge on any atom is 0.155 e. The molecule has 0 amide bonds. The van der Waals surface area contributed by atoms with Gasteiger partial charge in [0, 0.05) is 6.42 Å². The molecule has 0 atom stereocenters. The number of hydrogen-bond acceptors (Lipinski definition) is 1. The van der Waals surface area contributed by atoms with Crippen molar-refractivity contribution in [2.24, 2.45) is 0 Å². The van der Waals surface area contributed by atoms with E-state index in [0.29, 0.717) is 10.9 Å². The SMILES string of the molecule is OC1(Cc2cc(Cl)c(F)c(Br)c2)CC1. The van der Waals surface area contributed by atoms with Gasteiger partial charge in [-0.05, 0) is 46.5 Å². The highest BCUT2D eigenvalue weighted by Crippen LogP contribution is 2.39. The molecule has 0 radical (unpaired) electrons. The van der Waals surface area contributed by atoms with Crippen LogP contribution >= 0.6 is 27.5 Å². The molecule has 0 aliphatic heterocycles. The van der Waals surface area contributed by atoms with Crippen LogP contribution < -0.4 is 0 Å². The second kappa shape index (κ2) is 3.47. The Morgan fingerprint density at radius 2 is 2.14 bits per heavy atom. The number of benzene rings is 1. The zero-order chi connectivity index (χ0) is 10.3. The van der Waals surface area contributed by atoms with Crippen molar-refractivity contribution >= 4 is 27.5 Å². The molecular formula is C10H9BrClFO. The van der Waals surface area contributed by atoms with Crippen molar-refractivity contribution in [1.29, 1.82) is 0 Å². The summed E-state index contributed by atoms with van der Waals surface area (Å²) in [6.45, 7) is 0. The van der Waals surface area contributed by atoms with Crippen molar-refractivity contribution in [2.75, 3.05) is 0 Å². The zero-order valence-corrected chi connectivity index (χ0v) is 9.70. The number of halogens is 3. The van der Waals surface area contributed by atoms with Gasteiger partial charge in [0.25, 0.3) is 0 Å². The first kappa shape index (κ1) is 10.4. The molecule has 1 aliphatic rings. The van der Waals surface area contributed by atoms with E-state index in [2.05, 4.69) is 15.9 Å². The average molecular weight is 280 g/mol. The lowest BCUT2D eigenvalue weighted by molar-refractivity contribution is 0.151. The summed E-state index contributed by atoms with van der Waals surface area (Å²) >= 11 is 8.77. The van der Waals surface area contributed by atoms with Gasteiger partial charge in [0.05, 0.1) is 15.1 Å². The highest BCUT2D eigenvalue weighted by Gasteiger charge is 2.40. The maximum atomic E-state index is 13.1. The first-order valence-corrected chi connectivity index (χ1v) is 5.53. The van der Waals surface area contributed by atoms with Gasteiger partial charge in [-0.2, -0.15) is 0 Å². The summed E-state index contributed by atoms with van der Waals surface area (Å²) < 4.78 is 13.5. The van der Waals surface area contributed by atoms with Gasteiger partial charge in [-0.3, -0.25) is 0 Å². The Morgan fingerprint density at radius 1 is 1.50 bits per heavy atom. The fraction of sp³-hybridized carbons (Fsp3) is 0.400. The lowest BCUT2D eigenvalue weighted by Gasteiger charge is -2.08. The molecule has 1 N–H and O–H groups in total. The Hall–Kier alpha value is -0.120. The summed E-state index contributed by atoms with van der Waals surface area (Å²) in [5.74, 6) is -0.446. The van der Waals surface area contributed by atoms with Crippen LogP contribution in [0.5, 0.6) is 0 Å². The fourth-order valence-electron chi connectivity index (χ4n) is 1.41. The molecule has 0 unspecified atom stereocenters. The van der Waals surface area contributed by atoms with Gasteiger partial charge in [-0.15, -0.1) is 0 Å². The minimum atomic E-state index is -0.569. The van der Waals surface area contributed by atoms with Crippen molar-refractivity contribution in [3.63, 3.8) is 0 Å². The van der Waals surface area contributed by atoms with E-state index < -0.39 is 11.4 Å². The van der Waals surface area contributed by atoms with Crippen molar-refractivity contribution in [1.82, 2.24) is 0 Å². The molecule has 4 heteroatoms. The molecule has 76 valence electrons. The molecule has 1 fully saturated rings. The van der Waals surface area contributed by atoms with Gasteiger partial charge in [0.15, 0.2) is 5.82 Å². The molecule has 1 aromatic carbocycles. The van der Waals surface area contributed by atoms with E-state index in [1.54, 1.807) is 12.1 Å². The van der Waals surface area contributed by atoms with Gasteiger partial charge in [-0.1, -0.05) is 11.6 Å². The van der Waals surface area contributed by atoms with Crippen molar-refractivity contribution < 1.29 is 9.50 Å². The largest absolute Gasteiger partial charge is 0.390 e. The first-order chi connectivity index (χ1) is 6.50. The number of aliphatic hydroxyl groups is 1. The fourth-order valence-corrected chi connectivity index (χ4v) is 2.27. The number of rotatable bonds is 2. The Bertz CT molecular complexity index is 353. The minimum Gasteiger partial charge on any atom is -0.390 e. The summed E-state index contributed by atoms with van der Waals surface area (Å²) in [6.07, 6.45) is 2.19. The summed E-state index contributed by atoms with van der Waals surface area (Å²) in [4.78, 5) is 0. The van der Waals surface area contributed by atoms with E-state index >= 15 is 0 Å². The van der Waals surface area contributed by atoms with Crippen LogP contribution in [0, 0.1) is 5.82 Å². The quantitative estimate of drug-likeness (QED) is 0.824. The standard InChI is InChI=1S/C10H9BrClFO/c11-7-3-6(4-8(12)9(7)13)5-10(14)1-2-10/h3-4,14H,1-2,5H2. The van der Waals surface area contributed by atoms with Crippen LogP contribution in [0.2, 0.25) is 5.02 Å². The second-order valence-electron chi connectivity index (χ2n) is 3.77. The van der Waals surface area contributed by atoms with Crippen LogP contribution in [0.25, 0.3) is 0 Å². The van der Waals surface area contributed by atoms with E-state index in [-0.39, 0.29) is 5.02 Å². The molecule has 0 saturated heterocycles. The third kappa shape index (κ3) is 2.10. The van der Waals surface area contributed by atoms with Gasteiger partial charge in [0.1, 0.15) is 0 Å². The highest BCUT2D eigenvalue weighted by molar-refractivity contribution is 9.10. The Morgan fingerprint density at radius 3 is 2.64 bits per heavy atom. The second-order valence-corrected chi connectivity index (χ2v) is 5.04. The van der Waals surface area contributed by atoms with Crippen LogP contribution in [0.1, 0.15) is 18.4 Å². The van der Waals surface area contributed by atoms with Crippen LogP contribution in [0.4, 0.5) is 4.39 Å². The van der Waals surface area contributed by atoms with E-state index in [1.807, 2.05) is 0 Å². The third-order valence-electron chi connectivity index (χ3n) is 2.40. The summed E-state index contributed by atoms with van der Waals surface area (Å²) in [6, 6.07) is 3.23. The monoisotopic (exact) mass is 278 g/mol. The lowest BCUT2D eigenvalue weighted by Crippen LogP contribution is -2.10. The van der Waals surface area contributed by atoms with E-state index in [1.165, 1.54) is 0 Å². The van der Waals surface area contributed by atoms with Crippen molar-refractivity contribution in [2.45, 2.75) is 24.9 Å². The Balaban J connectivity index is 2.26. The summed E-state index contributed by atoms with van der Waals surface area (Å²) in [7, 11) is 0. The zero-order valence-electron chi connectivity index (χ0n) is 7.36. The van der Waals surface area contributed by atoms with Gasteiger partial charge in [-0.25, -0.2) is 4.39 Å². The van der Waals surface area contributed by atoms with Gasteiger partial charge < -0.3 is 5.11 Å². The molecule has 2 rings (SSSR count). The van der Waals surface area contributed by atoms with E-state index in [9.17, 15) is 9.50 Å². The van der Waals surface area contributed by atoms with Crippen LogP contribution in [-0.4, -0.2) is 10.7 Å². The molecule has 1 saturated carbocycles. The van der Waals surface area contributed by atoms with Crippen molar-refractivity contribution in [3.05, 3.63) is 33.0 Å². The molecule has 0 bridgehead atoms. The predicted molar refractivity (Wildman–Crippen MR) is 57.0 cm³/mol.